The largest absolute Gasteiger partial charge is 0.445 e. The standard InChI is InChI=1S/C16H20BrNO3/c1-12(19)10-15-14(17)8-5-9-18(15)16(20)21-11-13-6-3-2-4-7-13/h2-4,6-7,14-15H,5,8-11H2,1H3/t14-,15+/m0/s1. The van der Waals surface area contributed by atoms with Crippen molar-refractivity contribution in [1.82, 2.24) is 4.90 Å². The molecular weight excluding hydrogens is 334 g/mol. The van der Waals surface area contributed by atoms with E-state index in [2.05, 4.69) is 15.9 Å². The van der Waals surface area contributed by atoms with Gasteiger partial charge in [0.15, 0.2) is 0 Å². The number of carbonyl (C=O) groups excluding carboxylic acids is 2. The van der Waals surface area contributed by atoms with Crippen molar-refractivity contribution in [1.29, 1.82) is 0 Å². The molecule has 0 radical (unpaired) electrons. The summed E-state index contributed by atoms with van der Waals surface area (Å²) in [5.41, 5.74) is 0.960. The number of piperidine rings is 1. The van der Waals surface area contributed by atoms with E-state index in [1.807, 2.05) is 30.3 Å². The Balaban J connectivity index is 1.96. The molecule has 114 valence electrons. The van der Waals surface area contributed by atoms with Crippen molar-refractivity contribution in [3.8, 4) is 0 Å². The predicted octanol–water partition coefficient (Wildman–Crippen LogP) is 3.53. The number of rotatable bonds is 4. The highest BCUT2D eigenvalue weighted by Gasteiger charge is 2.34. The van der Waals surface area contributed by atoms with Gasteiger partial charge in [-0.05, 0) is 25.3 Å². The molecule has 21 heavy (non-hydrogen) atoms. The molecule has 5 heteroatoms. The van der Waals surface area contributed by atoms with Crippen LogP contribution < -0.4 is 0 Å². The lowest BCUT2D eigenvalue weighted by atomic mass is 9.98. The molecule has 1 amide bonds. The van der Waals surface area contributed by atoms with Crippen LogP contribution in [0.3, 0.4) is 0 Å². The number of carbonyl (C=O) groups is 2. The lowest BCUT2D eigenvalue weighted by Crippen LogP contribution is -2.50. The quantitative estimate of drug-likeness (QED) is 0.777. The van der Waals surface area contributed by atoms with E-state index in [1.54, 1.807) is 11.8 Å². The Morgan fingerprint density at radius 3 is 2.71 bits per heavy atom. The number of alkyl halides is 1. The lowest BCUT2D eigenvalue weighted by Gasteiger charge is -2.37. The summed E-state index contributed by atoms with van der Waals surface area (Å²) in [5, 5.41) is 0. The summed E-state index contributed by atoms with van der Waals surface area (Å²) in [6, 6.07) is 9.48. The van der Waals surface area contributed by atoms with Crippen molar-refractivity contribution < 1.29 is 14.3 Å². The van der Waals surface area contributed by atoms with E-state index in [4.69, 9.17) is 4.74 Å². The highest BCUT2D eigenvalue weighted by Crippen LogP contribution is 2.27. The molecule has 0 aromatic heterocycles. The average molecular weight is 354 g/mol. The summed E-state index contributed by atoms with van der Waals surface area (Å²) in [5.74, 6) is 0.0900. The van der Waals surface area contributed by atoms with Crippen molar-refractivity contribution in [3.05, 3.63) is 35.9 Å². The highest BCUT2D eigenvalue weighted by molar-refractivity contribution is 9.09. The first kappa shape index (κ1) is 16.0. The van der Waals surface area contributed by atoms with Gasteiger partial charge in [-0.15, -0.1) is 0 Å². The van der Waals surface area contributed by atoms with E-state index in [0.717, 1.165) is 18.4 Å². The Kier molecular flexibility index (Phi) is 5.79. The first-order valence-electron chi connectivity index (χ1n) is 7.18. The third-order valence-corrected chi connectivity index (χ3v) is 4.70. The second-order valence-electron chi connectivity index (χ2n) is 5.37. The van der Waals surface area contributed by atoms with Gasteiger partial charge in [-0.25, -0.2) is 4.79 Å². The summed E-state index contributed by atoms with van der Waals surface area (Å²) in [6.07, 6.45) is 1.93. The molecule has 0 spiro atoms. The molecule has 1 aliphatic rings. The Hall–Kier alpha value is -1.36. The maximum Gasteiger partial charge on any atom is 0.410 e. The summed E-state index contributed by atoms with van der Waals surface area (Å²) in [6.45, 7) is 2.46. The van der Waals surface area contributed by atoms with Gasteiger partial charge in [-0.3, -0.25) is 4.79 Å². The summed E-state index contributed by atoms with van der Waals surface area (Å²) in [4.78, 5) is 25.5. The van der Waals surface area contributed by atoms with Crippen molar-refractivity contribution in [3.63, 3.8) is 0 Å². The number of amides is 1. The fourth-order valence-electron chi connectivity index (χ4n) is 2.57. The number of halogens is 1. The number of Topliss-reactive ketones (excluding diaryl/α,β-unsaturated/α-hetero) is 1. The molecule has 0 N–H and O–H groups in total. The van der Waals surface area contributed by atoms with Crippen LogP contribution >= 0.6 is 15.9 Å². The molecule has 1 heterocycles. The van der Waals surface area contributed by atoms with Crippen molar-refractivity contribution >= 4 is 27.8 Å². The molecule has 0 bridgehead atoms. The zero-order valence-electron chi connectivity index (χ0n) is 12.1. The molecule has 1 aromatic carbocycles. The van der Waals surface area contributed by atoms with Crippen LogP contribution in [0.1, 0.15) is 31.7 Å². The molecule has 1 aliphatic heterocycles. The van der Waals surface area contributed by atoms with E-state index in [0.29, 0.717) is 13.0 Å². The summed E-state index contributed by atoms with van der Waals surface area (Å²) < 4.78 is 5.38. The van der Waals surface area contributed by atoms with Gasteiger partial charge < -0.3 is 9.64 Å². The monoisotopic (exact) mass is 353 g/mol. The summed E-state index contributed by atoms with van der Waals surface area (Å²) >= 11 is 3.59. The minimum atomic E-state index is -0.339. The lowest BCUT2D eigenvalue weighted by molar-refractivity contribution is -0.118. The second-order valence-corrected chi connectivity index (χ2v) is 6.54. The van der Waals surface area contributed by atoms with Gasteiger partial charge in [0.25, 0.3) is 0 Å². The van der Waals surface area contributed by atoms with Crippen LogP contribution in [0.25, 0.3) is 0 Å². The number of benzene rings is 1. The Morgan fingerprint density at radius 1 is 1.33 bits per heavy atom. The molecule has 1 saturated heterocycles. The first-order valence-corrected chi connectivity index (χ1v) is 8.10. The van der Waals surface area contributed by atoms with Gasteiger partial charge in [-0.1, -0.05) is 46.3 Å². The Labute approximate surface area is 133 Å². The van der Waals surface area contributed by atoms with Crippen molar-refractivity contribution in [2.24, 2.45) is 0 Å². The Bertz CT molecular complexity index is 492. The van der Waals surface area contributed by atoms with Crippen LogP contribution in [-0.2, 0) is 16.1 Å². The van der Waals surface area contributed by atoms with Crippen LogP contribution in [0.5, 0.6) is 0 Å². The molecule has 1 fully saturated rings. The molecule has 4 nitrogen and oxygen atoms in total. The maximum absolute atomic E-state index is 12.3. The van der Waals surface area contributed by atoms with Gasteiger partial charge >= 0.3 is 6.09 Å². The fraction of sp³-hybridized carbons (Fsp3) is 0.500. The number of nitrogens with zero attached hydrogens (tertiary/aromatic N) is 1. The van der Waals surface area contributed by atoms with E-state index >= 15 is 0 Å². The minimum absolute atomic E-state index is 0.0900. The molecule has 2 atom stereocenters. The van der Waals surface area contributed by atoms with Crippen LogP contribution in [0.2, 0.25) is 0 Å². The van der Waals surface area contributed by atoms with Crippen LogP contribution in [-0.4, -0.2) is 34.2 Å². The molecule has 0 unspecified atom stereocenters. The number of likely N-dealkylation sites (tertiary alicyclic amines) is 1. The van der Waals surface area contributed by atoms with E-state index in [1.165, 1.54) is 0 Å². The van der Waals surface area contributed by atoms with E-state index < -0.39 is 0 Å². The normalized spacial score (nSPS) is 21.9. The van der Waals surface area contributed by atoms with Crippen LogP contribution in [0, 0.1) is 0 Å². The number of hydrogen-bond donors (Lipinski definition) is 0. The smallest absolute Gasteiger partial charge is 0.410 e. The molecule has 1 aromatic rings. The zero-order chi connectivity index (χ0) is 15.2. The summed E-state index contributed by atoms with van der Waals surface area (Å²) in [7, 11) is 0. The zero-order valence-corrected chi connectivity index (χ0v) is 13.7. The van der Waals surface area contributed by atoms with Gasteiger partial charge in [-0.2, -0.15) is 0 Å². The fourth-order valence-corrected chi connectivity index (χ4v) is 3.37. The average Bonchev–Trinajstić information content (AvgIpc) is 2.47. The number of ketones is 1. The molecular formula is C16H20BrNO3. The molecule has 0 saturated carbocycles. The number of hydrogen-bond acceptors (Lipinski definition) is 3. The molecule has 2 rings (SSSR count). The van der Waals surface area contributed by atoms with Crippen molar-refractivity contribution in [2.45, 2.75) is 43.7 Å². The van der Waals surface area contributed by atoms with Crippen LogP contribution in [0.4, 0.5) is 4.79 Å². The SMILES string of the molecule is CC(=O)C[C@@H]1[C@@H](Br)CCCN1C(=O)OCc1ccccc1. The van der Waals surface area contributed by atoms with Crippen molar-refractivity contribution in [2.75, 3.05) is 6.54 Å². The minimum Gasteiger partial charge on any atom is -0.445 e. The van der Waals surface area contributed by atoms with Gasteiger partial charge in [0, 0.05) is 17.8 Å². The van der Waals surface area contributed by atoms with Crippen LogP contribution in [0.15, 0.2) is 30.3 Å². The van der Waals surface area contributed by atoms with E-state index in [9.17, 15) is 9.59 Å². The predicted molar refractivity (Wildman–Crippen MR) is 84.4 cm³/mol. The topological polar surface area (TPSA) is 46.6 Å². The van der Waals surface area contributed by atoms with Gasteiger partial charge in [0.1, 0.15) is 12.4 Å². The Morgan fingerprint density at radius 2 is 2.05 bits per heavy atom. The molecule has 0 aliphatic carbocycles. The van der Waals surface area contributed by atoms with E-state index in [-0.39, 0.29) is 29.4 Å². The number of ether oxygens (including phenoxy) is 1. The van der Waals surface area contributed by atoms with Gasteiger partial charge in [0.2, 0.25) is 0 Å². The first-order chi connectivity index (χ1) is 10.1. The van der Waals surface area contributed by atoms with Gasteiger partial charge in [0.05, 0.1) is 6.04 Å². The maximum atomic E-state index is 12.3. The third kappa shape index (κ3) is 4.56. The highest BCUT2D eigenvalue weighted by atomic mass is 79.9. The third-order valence-electron chi connectivity index (χ3n) is 3.63. The second kappa shape index (κ2) is 7.59.